The molecule has 0 radical (unpaired) electrons. The topological polar surface area (TPSA) is 89.3 Å². The number of nitrogens with one attached hydrogen (secondary N) is 1. The minimum Gasteiger partial charge on any atom is -0.370 e. The number of halogens is 1. The van der Waals surface area contributed by atoms with Crippen LogP contribution in [-0.4, -0.2) is 31.4 Å². The second kappa shape index (κ2) is 5.05. The Kier molecular flexibility index (Phi) is 3.73. The Morgan fingerprint density at radius 3 is 2.50 bits per heavy atom. The molecule has 1 saturated carbocycles. The van der Waals surface area contributed by atoms with Crippen LogP contribution in [0.15, 0.2) is 24.3 Å². The first-order valence-corrected chi connectivity index (χ1v) is 8.24. The summed E-state index contributed by atoms with van der Waals surface area (Å²) in [4.78, 5) is 11.9. The van der Waals surface area contributed by atoms with Crippen molar-refractivity contribution in [1.82, 2.24) is 0 Å². The highest BCUT2D eigenvalue weighted by atomic mass is 32.2. The lowest BCUT2D eigenvalue weighted by molar-refractivity contribution is -0.122. The number of rotatable bonds is 4. The van der Waals surface area contributed by atoms with Crippen molar-refractivity contribution in [2.45, 2.75) is 30.1 Å². The van der Waals surface area contributed by atoms with Crippen molar-refractivity contribution >= 4 is 21.4 Å². The highest BCUT2D eigenvalue weighted by molar-refractivity contribution is 7.91. The van der Waals surface area contributed by atoms with Gasteiger partial charge in [-0.15, -0.1) is 0 Å². The van der Waals surface area contributed by atoms with Gasteiger partial charge < -0.3 is 11.1 Å². The quantitative estimate of drug-likeness (QED) is 0.870. The van der Waals surface area contributed by atoms with Gasteiger partial charge in [0.25, 0.3) is 0 Å². The average molecular weight is 300 g/mol. The van der Waals surface area contributed by atoms with E-state index in [0.29, 0.717) is 24.9 Å². The van der Waals surface area contributed by atoms with Gasteiger partial charge in [-0.25, -0.2) is 12.8 Å². The highest BCUT2D eigenvalue weighted by Crippen LogP contribution is 2.37. The maximum absolute atomic E-state index is 12.9. The predicted octanol–water partition coefficient (Wildman–Crippen LogP) is 1.06. The van der Waals surface area contributed by atoms with Gasteiger partial charge in [0.05, 0.1) is 5.25 Å². The number of primary amides is 1. The van der Waals surface area contributed by atoms with Gasteiger partial charge in [0, 0.05) is 11.9 Å². The molecule has 1 aliphatic carbocycles. The molecule has 5 nitrogen and oxygen atoms in total. The van der Waals surface area contributed by atoms with Crippen molar-refractivity contribution in [1.29, 1.82) is 0 Å². The first-order chi connectivity index (χ1) is 9.25. The second-order valence-corrected chi connectivity index (χ2v) is 7.41. The van der Waals surface area contributed by atoms with E-state index in [1.165, 1.54) is 24.3 Å². The molecule has 0 spiro atoms. The fourth-order valence-corrected chi connectivity index (χ4v) is 4.45. The summed E-state index contributed by atoms with van der Waals surface area (Å²) in [5.41, 5.74) is 4.60. The van der Waals surface area contributed by atoms with Crippen LogP contribution in [0.3, 0.4) is 0 Å². The third-order valence-electron chi connectivity index (χ3n) is 3.76. The molecule has 3 N–H and O–H groups in total. The average Bonchev–Trinajstić information content (AvgIpc) is 2.77. The maximum atomic E-state index is 12.9. The summed E-state index contributed by atoms with van der Waals surface area (Å²) in [5.74, 6) is -1.11. The van der Waals surface area contributed by atoms with Crippen LogP contribution in [0.4, 0.5) is 10.1 Å². The van der Waals surface area contributed by atoms with Crippen LogP contribution < -0.4 is 11.1 Å². The molecular formula is C13H17FN2O3S. The van der Waals surface area contributed by atoms with Crippen LogP contribution in [0, 0.1) is 5.82 Å². The number of carbonyl (C=O) groups excluding carboxylic acids is 1. The lowest BCUT2D eigenvalue weighted by Gasteiger charge is -2.33. The third-order valence-corrected chi connectivity index (χ3v) is 5.43. The van der Waals surface area contributed by atoms with E-state index >= 15 is 0 Å². The van der Waals surface area contributed by atoms with Crippen LogP contribution in [0.5, 0.6) is 0 Å². The zero-order valence-electron chi connectivity index (χ0n) is 11.1. The van der Waals surface area contributed by atoms with E-state index in [1.54, 1.807) is 0 Å². The van der Waals surface area contributed by atoms with Crippen molar-refractivity contribution in [2.75, 3.05) is 11.6 Å². The van der Waals surface area contributed by atoms with E-state index < -0.39 is 32.4 Å². The Morgan fingerprint density at radius 2 is 2.00 bits per heavy atom. The predicted molar refractivity (Wildman–Crippen MR) is 74.4 cm³/mol. The molecule has 2 rings (SSSR count). The van der Waals surface area contributed by atoms with E-state index in [1.807, 2.05) is 0 Å². The molecular weight excluding hydrogens is 283 g/mol. The third kappa shape index (κ3) is 2.63. The van der Waals surface area contributed by atoms with Crippen molar-refractivity contribution in [2.24, 2.45) is 5.73 Å². The van der Waals surface area contributed by atoms with Crippen LogP contribution in [-0.2, 0) is 14.6 Å². The molecule has 1 aromatic rings. The Labute approximate surface area is 117 Å². The largest absolute Gasteiger partial charge is 0.370 e. The maximum Gasteiger partial charge on any atom is 0.244 e. The van der Waals surface area contributed by atoms with Crippen molar-refractivity contribution in [3.05, 3.63) is 30.1 Å². The lowest BCUT2D eigenvalue weighted by atomic mass is 9.95. The molecule has 110 valence electrons. The molecule has 0 heterocycles. The normalized spacial score (nSPS) is 26.4. The number of nitrogens with two attached hydrogens (primary N) is 1. The number of carbonyl (C=O) groups is 1. The summed E-state index contributed by atoms with van der Waals surface area (Å²) in [6, 6.07) is 5.39. The van der Waals surface area contributed by atoms with Crippen molar-refractivity contribution < 1.29 is 17.6 Å². The summed E-state index contributed by atoms with van der Waals surface area (Å²) in [6.45, 7) is 0. The van der Waals surface area contributed by atoms with Crippen molar-refractivity contribution in [3.8, 4) is 0 Å². The van der Waals surface area contributed by atoms with E-state index in [4.69, 9.17) is 5.73 Å². The van der Waals surface area contributed by atoms with Gasteiger partial charge in [-0.05, 0) is 43.5 Å². The lowest BCUT2D eigenvalue weighted by Crippen LogP contribution is -2.58. The van der Waals surface area contributed by atoms with E-state index in [0.717, 1.165) is 6.26 Å². The van der Waals surface area contributed by atoms with Gasteiger partial charge in [0.2, 0.25) is 5.91 Å². The molecule has 2 atom stereocenters. The SMILES string of the molecule is CS(=O)(=O)C1CCCC1(Nc1ccc(F)cc1)C(N)=O. The van der Waals surface area contributed by atoms with Gasteiger partial charge in [0.1, 0.15) is 11.4 Å². The first-order valence-electron chi connectivity index (χ1n) is 6.28. The molecule has 0 aliphatic heterocycles. The van der Waals surface area contributed by atoms with Crippen LogP contribution in [0.25, 0.3) is 0 Å². The molecule has 20 heavy (non-hydrogen) atoms. The summed E-state index contributed by atoms with van der Waals surface area (Å²) in [5, 5.41) is 2.05. The minimum atomic E-state index is -3.42. The van der Waals surface area contributed by atoms with E-state index in [-0.39, 0.29) is 0 Å². The molecule has 0 saturated heterocycles. The van der Waals surface area contributed by atoms with Crippen LogP contribution >= 0.6 is 0 Å². The number of hydrogen-bond acceptors (Lipinski definition) is 4. The standard InChI is InChI=1S/C13H17FN2O3S/c1-20(18,19)11-3-2-8-13(11,12(15)17)16-10-6-4-9(14)5-7-10/h4-7,11,16H,2-3,8H2,1H3,(H2,15,17). The van der Waals surface area contributed by atoms with Gasteiger partial charge in [-0.2, -0.15) is 0 Å². The Bertz CT molecular complexity index is 615. The van der Waals surface area contributed by atoms with Crippen LogP contribution in [0.1, 0.15) is 19.3 Å². The van der Waals surface area contributed by atoms with Gasteiger partial charge in [0.15, 0.2) is 9.84 Å². The summed E-state index contributed by atoms with van der Waals surface area (Å²) >= 11 is 0. The zero-order valence-corrected chi connectivity index (χ0v) is 11.9. The Hall–Kier alpha value is -1.63. The summed E-state index contributed by atoms with van der Waals surface area (Å²) in [7, 11) is -3.42. The number of anilines is 1. The van der Waals surface area contributed by atoms with Gasteiger partial charge in [-0.1, -0.05) is 0 Å². The van der Waals surface area contributed by atoms with Gasteiger partial charge >= 0.3 is 0 Å². The molecule has 1 aromatic carbocycles. The number of benzene rings is 1. The Balaban J connectivity index is 2.40. The van der Waals surface area contributed by atoms with E-state index in [2.05, 4.69) is 5.32 Å². The fourth-order valence-electron chi connectivity index (χ4n) is 2.83. The number of sulfone groups is 1. The van der Waals surface area contributed by atoms with Gasteiger partial charge in [-0.3, -0.25) is 4.79 Å². The van der Waals surface area contributed by atoms with E-state index in [9.17, 15) is 17.6 Å². The first kappa shape index (κ1) is 14.8. The second-order valence-electron chi connectivity index (χ2n) is 5.18. The molecule has 1 fully saturated rings. The fraction of sp³-hybridized carbons (Fsp3) is 0.462. The number of amides is 1. The molecule has 7 heteroatoms. The number of hydrogen-bond donors (Lipinski definition) is 2. The molecule has 1 aliphatic rings. The molecule has 2 unspecified atom stereocenters. The van der Waals surface area contributed by atoms with Crippen molar-refractivity contribution in [3.63, 3.8) is 0 Å². The zero-order chi connectivity index (χ0) is 15.0. The monoisotopic (exact) mass is 300 g/mol. The smallest absolute Gasteiger partial charge is 0.244 e. The molecule has 0 aromatic heterocycles. The molecule has 0 bridgehead atoms. The Morgan fingerprint density at radius 1 is 1.40 bits per heavy atom. The summed E-state index contributed by atoms with van der Waals surface area (Å²) in [6.07, 6.45) is 2.43. The summed E-state index contributed by atoms with van der Waals surface area (Å²) < 4.78 is 36.7. The molecule has 1 amide bonds. The minimum absolute atomic E-state index is 0.345. The van der Waals surface area contributed by atoms with Crippen LogP contribution in [0.2, 0.25) is 0 Å². The highest BCUT2D eigenvalue weighted by Gasteiger charge is 2.52.